The van der Waals surface area contributed by atoms with Crippen LogP contribution in [0.5, 0.6) is 5.75 Å². The van der Waals surface area contributed by atoms with Gasteiger partial charge in [-0.3, -0.25) is 4.79 Å². The second-order valence-corrected chi connectivity index (χ2v) is 9.46. The fourth-order valence-electron chi connectivity index (χ4n) is 2.82. The Hall–Kier alpha value is -3.31. The summed E-state index contributed by atoms with van der Waals surface area (Å²) in [4.78, 5) is 12.7. The van der Waals surface area contributed by atoms with Crippen LogP contribution in [0.2, 0.25) is 10.0 Å². The SMILES string of the molecule is Cc1ccc(S(=O)(=O)Oc2ccc(Cl)cc2/C=C(\C#N)C(=O)Nc2cccc(Cl)c2C)cc1. The molecule has 1 amide bonds. The molecule has 0 aliphatic rings. The highest BCUT2D eigenvalue weighted by atomic mass is 35.5. The molecule has 0 spiro atoms. The van der Waals surface area contributed by atoms with E-state index in [1.807, 2.05) is 13.0 Å². The topological polar surface area (TPSA) is 96.3 Å². The maximum atomic E-state index is 12.7. The summed E-state index contributed by atoms with van der Waals surface area (Å²) < 4.78 is 30.7. The maximum absolute atomic E-state index is 12.7. The van der Waals surface area contributed by atoms with Gasteiger partial charge in [0, 0.05) is 21.3 Å². The van der Waals surface area contributed by atoms with E-state index >= 15 is 0 Å². The zero-order chi connectivity index (χ0) is 24.2. The van der Waals surface area contributed by atoms with Crippen LogP contribution in [0.15, 0.2) is 71.1 Å². The first kappa shape index (κ1) is 24.3. The van der Waals surface area contributed by atoms with Crippen LogP contribution in [0, 0.1) is 25.2 Å². The largest absolute Gasteiger partial charge is 0.378 e. The Morgan fingerprint density at radius 3 is 2.42 bits per heavy atom. The number of anilines is 1. The van der Waals surface area contributed by atoms with Crippen molar-refractivity contribution < 1.29 is 17.4 Å². The van der Waals surface area contributed by atoms with E-state index in [9.17, 15) is 18.5 Å². The molecule has 0 heterocycles. The minimum Gasteiger partial charge on any atom is -0.378 e. The van der Waals surface area contributed by atoms with Crippen molar-refractivity contribution in [1.29, 1.82) is 5.26 Å². The van der Waals surface area contributed by atoms with Gasteiger partial charge in [-0.05, 0) is 68.0 Å². The van der Waals surface area contributed by atoms with E-state index in [1.54, 1.807) is 37.3 Å². The molecule has 3 aromatic carbocycles. The lowest BCUT2D eigenvalue weighted by molar-refractivity contribution is -0.112. The zero-order valence-corrected chi connectivity index (χ0v) is 19.9. The molecule has 33 heavy (non-hydrogen) atoms. The molecule has 0 atom stereocenters. The Morgan fingerprint density at radius 1 is 1.06 bits per heavy atom. The molecule has 0 aliphatic carbocycles. The highest BCUT2D eigenvalue weighted by Gasteiger charge is 2.19. The second-order valence-electron chi connectivity index (χ2n) is 7.07. The summed E-state index contributed by atoms with van der Waals surface area (Å²) in [5, 5.41) is 12.9. The van der Waals surface area contributed by atoms with E-state index in [2.05, 4.69) is 5.32 Å². The molecule has 3 aromatic rings. The molecule has 0 bridgehead atoms. The highest BCUT2D eigenvalue weighted by molar-refractivity contribution is 7.87. The molecule has 0 saturated heterocycles. The van der Waals surface area contributed by atoms with Gasteiger partial charge in [-0.2, -0.15) is 13.7 Å². The molecule has 0 radical (unpaired) electrons. The quantitative estimate of drug-likeness (QED) is 0.257. The van der Waals surface area contributed by atoms with Crippen molar-refractivity contribution in [1.82, 2.24) is 0 Å². The molecular weight excluding hydrogens is 483 g/mol. The Morgan fingerprint density at radius 2 is 1.76 bits per heavy atom. The summed E-state index contributed by atoms with van der Waals surface area (Å²) in [7, 11) is -4.16. The summed E-state index contributed by atoms with van der Waals surface area (Å²) >= 11 is 12.1. The van der Waals surface area contributed by atoms with E-state index in [0.717, 1.165) is 5.56 Å². The highest BCUT2D eigenvalue weighted by Crippen LogP contribution is 2.29. The summed E-state index contributed by atoms with van der Waals surface area (Å²) in [5.41, 5.74) is 1.84. The molecule has 0 aromatic heterocycles. The van der Waals surface area contributed by atoms with E-state index in [1.165, 1.54) is 36.4 Å². The first-order chi connectivity index (χ1) is 15.6. The number of aryl methyl sites for hydroxylation is 1. The second kappa shape index (κ2) is 10.1. The number of rotatable bonds is 6. The molecular formula is C24H18Cl2N2O4S. The predicted molar refractivity (Wildman–Crippen MR) is 129 cm³/mol. The van der Waals surface area contributed by atoms with Gasteiger partial charge in [-0.1, -0.05) is 47.0 Å². The van der Waals surface area contributed by atoms with Crippen LogP contribution >= 0.6 is 23.2 Å². The lowest BCUT2D eigenvalue weighted by Crippen LogP contribution is -2.14. The number of hydrogen-bond donors (Lipinski definition) is 1. The van der Waals surface area contributed by atoms with Gasteiger partial charge >= 0.3 is 10.1 Å². The molecule has 0 aliphatic heterocycles. The lowest BCUT2D eigenvalue weighted by atomic mass is 10.1. The van der Waals surface area contributed by atoms with Gasteiger partial charge in [-0.25, -0.2) is 0 Å². The molecule has 1 N–H and O–H groups in total. The Labute approximate surface area is 202 Å². The zero-order valence-electron chi connectivity index (χ0n) is 17.6. The third-order valence-electron chi connectivity index (χ3n) is 4.66. The standard InChI is InChI=1S/C24H18Cl2N2O4S/c1-15-6-9-20(10-7-15)33(30,31)32-23-11-8-19(25)13-17(23)12-18(14-27)24(29)28-22-5-3-4-21(26)16(22)2/h3-13H,1-2H3,(H,28,29)/b18-12+. The van der Waals surface area contributed by atoms with Crippen molar-refractivity contribution >= 4 is 51.0 Å². The monoisotopic (exact) mass is 500 g/mol. The number of hydrogen-bond acceptors (Lipinski definition) is 5. The number of halogens is 2. The minimum absolute atomic E-state index is 0.0346. The number of nitrogens with one attached hydrogen (secondary N) is 1. The molecule has 168 valence electrons. The maximum Gasteiger partial charge on any atom is 0.339 e. The van der Waals surface area contributed by atoms with E-state index in [-0.39, 0.29) is 26.8 Å². The number of carbonyl (C=O) groups excluding carboxylic acids is 1. The van der Waals surface area contributed by atoms with Crippen LogP contribution < -0.4 is 9.50 Å². The number of carbonyl (C=O) groups is 1. The lowest BCUT2D eigenvalue weighted by Gasteiger charge is -2.11. The third kappa shape index (κ3) is 5.93. The van der Waals surface area contributed by atoms with Gasteiger partial charge in [-0.15, -0.1) is 0 Å². The summed E-state index contributed by atoms with van der Waals surface area (Å²) in [6.45, 7) is 3.56. The van der Waals surface area contributed by atoms with Crippen LogP contribution in [-0.2, 0) is 14.9 Å². The Balaban J connectivity index is 1.95. The van der Waals surface area contributed by atoms with Gasteiger partial charge in [0.1, 0.15) is 22.3 Å². The fourth-order valence-corrected chi connectivity index (χ4v) is 4.12. The van der Waals surface area contributed by atoms with Gasteiger partial charge < -0.3 is 9.50 Å². The van der Waals surface area contributed by atoms with Crippen molar-refractivity contribution in [3.63, 3.8) is 0 Å². The summed E-state index contributed by atoms with van der Waals surface area (Å²) in [6, 6.07) is 17.2. The minimum atomic E-state index is -4.16. The molecule has 0 fully saturated rings. The number of benzene rings is 3. The first-order valence-electron chi connectivity index (χ1n) is 9.59. The molecule has 6 nitrogen and oxygen atoms in total. The number of nitriles is 1. The fraction of sp³-hybridized carbons (Fsp3) is 0.0833. The van der Waals surface area contributed by atoms with Crippen molar-refractivity contribution in [2.24, 2.45) is 0 Å². The van der Waals surface area contributed by atoms with Crippen LogP contribution in [0.3, 0.4) is 0 Å². The Kier molecular flexibility index (Phi) is 7.44. The van der Waals surface area contributed by atoms with E-state index in [4.69, 9.17) is 27.4 Å². The average Bonchev–Trinajstić information content (AvgIpc) is 2.77. The summed E-state index contributed by atoms with van der Waals surface area (Å²) in [5.74, 6) is -0.783. The normalized spacial score (nSPS) is 11.5. The van der Waals surface area contributed by atoms with Crippen molar-refractivity contribution in [3.05, 3.63) is 93.0 Å². The summed E-state index contributed by atoms with van der Waals surface area (Å²) in [6.07, 6.45) is 1.21. The smallest absolute Gasteiger partial charge is 0.339 e. The van der Waals surface area contributed by atoms with Gasteiger partial charge in [0.25, 0.3) is 5.91 Å². The molecule has 3 rings (SSSR count). The third-order valence-corrected chi connectivity index (χ3v) is 6.55. The predicted octanol–water partition coefficient (Wildman–Crippen LogP) is 5.92. The van der Waals surface area contributed by atoms with Crippen molar-refractivity contribution in [2.45, 2.75) is 18.7 Å². The number of nitrogens with zero attached hydrogens (tertiary/aromatic N) is 1. The van der Waals surface area contributed by atoms with Crippen molar-refractivity contribution in [2.75, 3.05) is 5.32 Å². The van der Waals surface area contributed by atoms with Gasteiger partial charge in [0.05, 0.1) is 0 Å². The van der Waals surface area contributed by atoms with Crippen LogP contribution in [-0.4, -0.2) is 14.3 Å². The van der Waals surface area contributed by atoms with Crippen LogP contribution in [0.1, 0.15) is 16.7 Å². The first-order valence-corrected chi connectivity index (χ1v) is 11.8. The van der Waals surface area contributed by atoms with Crippen LogP contribution in [0.4, 0.5) is 5.69 Å². The van der Waals surface area contributed by atoms with E-state index in [0.29, 0.717) is 16.3 Å². The molecule has 0 saturated carbocycles. The van der Waals surface area contributed by atoms with Crippen LogP contribution in [0.25, 0.3) is 6.08 Å². The van der Waals surface area contributed by atoms with Gasteiger partial charge in [0.2, 0.25) is 0 Å². The van der Waals surface area contributed by atoms with Gasteiger partial charge in [0.15, 0.2) is 0 Å². The Bertz CT molecular complexity index is 1390. The average molecular weight is 501 g/mol. The molecule has 0 unspecified atom stereocenters. The van der Waals surface area contributed by atoms with E-state index < -0.39 is 16.0 Å². The number of amides is 1. The molecule has 9 heteroatoms. The van der Waals surface area contributed by atoms with Crippen molar-refractivity contribution in [3.8, 4) is 11.8 Å².